The predicted molar refractivity (Wildman–Crippen MR) is 291 cm³/mol. The van der Waals surface area contributed by atoms with Crippen LogP contribution in [0.1, 0.15) is 11.1 Å². The molecule has 0 saturated heterocycles. The molecular formula is C66H38F4N4. The average molecular weight is 963 g/mol. The van der Waals surface area contributed by atoms with E-state index in [1.165, 1.54) is 0 Å². The van der Waals surface area contributed by atoms with Gasteiger partial charge in [0.1, 0.15) is 23.3 Å². The molecule has 0 fully saturated rings. The summed E-state index contributed by atoms with van der Waals surface area (Å²) in [4.78, 5) is 3.51. The summed E-state index contributed by atoms with van der Waals surface area (Å²) in [5.41, 5.74) is 8.02. The van der Waals surface area contributed by atoms with Gasteiger partial charge in [-0.3, -0.25) is 0 Å². The topological polar surface area (TPSA) is 54.1 Å². The van der Waals surface area contributed by atoms with Crippen molar-refractivity contribution in [3.8, 4) is 56.6 Å². The Kier molecular flexibility index (Phi) is 11.4. The Morgan fingerprint density at radius 2 is 0.649 bits per heavy atom. The summed E-state index contributed by atoms with van der Waals surface area (Å²) in [7, 11) is 0. The molecule has 4 nitrogen and oxygen atoms in total. The lowest BCUT2D eigenvalue weighted by molar-refractivity contribution is 0.586. The van der Waals surface area contributed by atoms with E-state index in [9.17, 15) is 10.5 Å². The van der Waals surface area contributed by atoms with Crippen LogP contribution in [0.4, 0.5) is 51.7 Å². The highest BCUT2D eigenvalue weighted by molar-refractivity contribution is 6.28. The van der Waals surface area contributed by atoms with Crippen LogP contribution in [0.15, 0.2) is 231 Å². The van der Waals surface area contributed by atoms with Gasteiger partial charge in [-0.25, -0.2) is 17.6 Å². The fourth-order valence-electron chi connectivity index (χ4n) is 10.4. The molecule has 12 rings (SSSR count). The zero-order chi connectivity index (χ0) is 50.5. The Bertz CT molecular complexity index is 3930. The Morgan fingerprint density at radius 1 is 0.297 bits per heavy atom. The van der Waals surface area contributed by atoms with E-state index in [0.29, 0.717) is 45.0 Å². The molecule has 0 aliphatic carbocycles. The molecule has 74 heavy (non-hydrogen) atoms. The van der Waals surface area contributed by atoms with Crippen molar-refractivity contribution in [2.24, 2.45) is 0 Å². The maximum Gasteiger partial charge on any atom is 0.150 e. The lowest BCUT2D eigenvalue weighted by Crippen LogP contribution is -2.14. The third-order valence-corrected chi connectivity index (χ3v) is 13.8. The smallest absolute Gasteiger partial charge is 0.150 e. The first-order valence-corrected chi connectivity index (χ1v) is 23.9. The van der Waals surface area contributed by atoms with Gasteiger partial charge in [-0.1, -0.05) is 146 Å². The minimum absolute atomic E-state index is 0.0770. The van der Waals surface area contributed by atoms with E-state index in [1.54, 1.807) is 70.5 Å². The quantitative estimate of drug-likeness (QED) is 0.101. The van der Waals surface area contributed by atoms with Crippen molar-refractivity contribution in [1.82, 2.24) is 0 Å². The number of anilines is 6. The molecule has 8 heteroatoms. The SMILES string of the molecule is N#Cc1ccc(N(c2cc(-c3ccccc3-c3ccccc3)c(F)cc2F)c2ccc3ccc4c(N(c5ccc(C#N)cc5)c5cc(-c6ccccc6-c6ccccc6)c(F)cc5F)ccc5ccc2c3c54)cc1. The van der Waals surface area contributed by atoms with Crippen LogP contribution >= 0.6 is 0 Å². The molecule has 0 aliphatic rings. The van der Waals surface area contributed by atoms with E-state index in [2.05, 4.69) is 12.1 Å². The van der Waals surface area contributed by atoms with Gasteiger partial charge in [-0.2, -0.15) is 10.5 Å². The second-order valence-corrected chi connectivity index (χ2v) is 18.0. The van der Waals surface area contributed by atoms with Crippen molar-refractivity contribution in [2.75, 3.05) is 9.80 Å². The number of benzene rings is 12. The Morgan fingerprint density at radius 3 is 1.03 bits per heavy atom. The summed E-state index contributed by atoms with van der Waals surface area (Å²) in [6.45, 7) is 0. The van der Waals surface area contributed by atoms with Gasteiger partial charge in [-0.05, 0) is 128 Å². The van der Waals surface area contributed by atoms with Crippen molar-refractivity contribution in [3.05, 3.63) is 265 Å². The Labute approximate surface area is 424 Å². The molecule has 0 saturated carbocycles. The highest BCUT2D eigenvalue weighted by atomic mass is 19.1. The van der Waals surface area contributed by atoms with Crippen LogP contribution in [0, 0.1) is 45.9 Å². The molecule has 0 radical (unpaired) electrons. The molecule has 12 aromatic rings. The lowest BCUT2D eigenvalue weighted by Gasteiger charge is -2.30. The van der Waals surface area contributed by atoms with Crippen LogP contribution in [0.5, 0.6) is 0 Å². The van der Waals surface area contributed by atoms with Crippen molar-refractivity contribution in [1.29, 1.82) is 10.5 Å². The van der Waals surface area contributed by atoms with Crippen LogP contribution in [-0.2, 0) is 0 Å². The van der Waals surface area contributed by atoms with E-state index in [-0.39, 0.29) is 22.5 Å². The summed E-state index contributed by atoms with van der Waals surface area (Å²) in [5.74, 6) is -3.06. The first-order valence-electron chi connectivity index (χ1n) is 23.9. The van der Waals surface area contributed by atoms with Crippen molar-refractivity contribution >= 4 is 66.4 Å². The third-order valence-electron chi connectivity index (χ3n) is 13.8. The first kappa shape index (κ1) is 45.1. The van der Waals surface area contributed by atoms with Crippen molar-refractivity contribution in [2.45, 2.75) is 0 Å². The molecule has 0 aromatic heterocycles. The fourth-order valence-corrected chi connectivity index (χ4v) is 10.4. The zero-order valence-electron chi connectivity index (χ0n) is 39.2. The predicted octanol–water partition coefficient (Wildman–Crippen LogP) is 18.5. The maximum atomic E-state index is 16.9. The minimum Gasteiger partial charge on any atom is -0.307 e. The van der Waals surface area contributed by atoms with Gasteiger partial charge >= 0.3 is 0 Å². The van der Waals surface area contributed by atoms with Gasteiger partial charge < -0.3 is 9.80 Å². The number of hydrogen-bond donors (Lipinski definition) is 0. The fraction of sp³-hybridized carbons (Fsp3) is 0. The highest BCUT2D eigenvalue weighted by Gasteiger charge is 2.27. The van der Waals surface area contributed by atoms with Crippen molar-refractivity contribution in [3.63, 3.8) is 0 Å². The molecule has 0 unspecified atom stereocenters. The van der Waals surface area contributed by atoms with E-state index >= 15 is 17.6 Å². The third kappa shape index (κ3) is 7.79. The number of hydrogen-bond acceptors (Lipinski definition) is 4. The van der Waals surface area contributed by atoms with Gasteiger partial charge in [-0.15, -0.1) is 0 Å². The molecule has 0 atom stereocenters. The van der Waals surface area contributed by atoms with Crippen molar-refractivity contribution < 1.29 is 17.6 Å². The van der Waals surface area contributed by atoms with Crippen LogP contribution < -0.4 is 9.80 Å². The summed E-state index contributed by atoms with van der Waals surface area (Å²) in [5, 5.41) is 24.5. The average Bonchev–Trinajstić information content (AvgIpc) is 3.45. The van der Waals surface area contributed by atoms with Gasteiger partial charge in [0.25, 0.3) is 0 Å². The monoisotopic (exact) mass is 962 g/mol. The summed E-state index contributed by atoms with van der Waals surface area (Å²) in [6.07, 6.45) is 0. The van der Waals surface area contributed by atoms with Crippen LogP contribution in [0.25, 0.3) is 76.8 Å². The highest BCUT2D eigenvalue weighted by Crippen LogP contribution is 2.50. The Hall–Kier alpha value is -10.0. The number of rotatable bonds is 10. The molecule has 0 bridgehead atoms. The number of halogens is 4. The molecular weight excluding hydrogens is 925 g/mol. The van der Waals surface area contributed by atoms with Gasteiger partial charge in [0, 0.05) is 45.4 Å². The second kappa shape index (κ2) is 18.6. The van der Waals surface area contributed by atoms with Crippen LogP contribution in [0.3, 0.4) is 0 Å². The van der Waals surface area contributed by atoms with Crippen LogP contribution in [0.2, 0.25) is 0 Å². The molecule has 0 amide bonds. The summed E-state index contributed by atoms with van der Waals surface area (Å²) >= 11 is 0. The van der Waals surface area contributed by atoms with Gasteiger partial charge in [0.15, 0.2) is 0 Å². The standard InChI is InChI=1S/C66H38F4N4/c67-57-37-59(69)63(35-55(57)51-17-9-7-15-49(51)43-11-3-1-4-12-43)73(47-27-19-41(39-71)20-28-47)61-33-25-45-24-32-54-62(34-26-46-23-31-53(61)65(45)66(46)54)74(48-29-21-42(40-72)22-30-48)64-36-56(58(68)38-60(64)70)52-18-10-8-16-50(52)44-13-5-2-6-14-44/h1-38H. The molecule has 0 aliphatic heterocycles. The summed E-state index contributed by atoms with van der Waals surface area (Å²) < 4.78 is 66.6. The Balaban J connectivity index is 1.08. The lowest BCUT2D eigenvalue weighted by atomic mass is 9.91. The van der Waals surface area contributed by atoms with E-state index in [4.69, 9.17) is 0 Å². The molecule has 350 valence electrons. The summed E-state index contributed by atoms with van der Waals surface area (Å²) in [6, 6.07) is 72.8. The maximum absolute atomic E-state index is 16.9. The number of nitriles is 2. The van der Waals surface area contributed by atoms with E-state index < -0.39 is 23.3 Å². The molecule has 0 spiro atoms. The molecule has 12 aromatic carbocycles. The number of nitrogens with zero attached hydrogens (tertiary/aromatic N) is 4. The first-order chi connectivity index (χ1) is 36.3. The van der Waals surface area contributed by atoms with E-state index in [0.717, 1.165) is 66.7 Å². The zero-order valence-corrected chi connectivity index (χ0v) is 39.2. The normalized spacial score (nSPS) is 11.2. The molecule has 0 N–H and O–H groups in total. The second-order valence-electron chi connectivity index (χ2n) is 18.0. The largest absolute Gasteiger partial charge is 0.307 e. The van der Waals surface area contributed by atoms with Gasteiger partial charge in [0.05, 0.1) is 46.0 Å². The van der Waals surface area contributed by atoms with Gasteiger partial charge in [0.2, 0.25) is 0 Å². The molecule has 0 heterocycles. The van der Waals surface area contributed by atoms with Crippen LogP contribution in [-0.4, -0.2) is 0 Å². The minimum atomic E-state index is -0.800. The van der Waals surface area contributed by atoms with E-state index in [1.807, 2.05) is 158 Å².